The second kappa shape index (κ2) is 9.21. The van der Waals surface area contributed by atoms with Crippen molar-refractivity contribution in [3.63, 3.8) is 0 Å². The van der Waals surface area contributed by atoms with Crippen molar-refractivity contribution < 1.29 is 4.74 Å². The van der Waals surface area contributed by atoms with Crippen molar-refractivity contribution in [2.45, 2.75) is 57.7 Å². The number of imidazole rings is 1. The molecule has 1 saturated carbocycles. The first-order valence-corrected chi connectivity index (χ1v) is 12.6. The number of hydrogen-bond donors (Lipinski definition) is 0. The van der Waals surface area contributed by atoms with Crippen LogP contribution in [0.3, 0.4) is 0 Å². The zero-order valence-corrected chi connectivity index (χ0v) is 20.8. The molecule has 4 aromatic rings. The number of ether oxygens (including phenoxy) is 1. The zero-order chi connectivity index (χ0) is 25.5. The molecule has 3 atom stereocenters. The summed E-state index contributed by atoms with van der Waals surface area (Å²) in [5.41, 5.74) is 4.32. The summed E-state index contributed by atoms with van der Waals surface area (Å²) in [7, 11) is 0. The van der Waals surface area contributed by atoms with Gasteiger partial charge in [0.15, 0.2) is 6.19 Å². The molecule has 6 rings (SSSR count). The normalized spacial score (nSPS) is 20.4. The number of pyridine rings is 2. The van der Waals surface area contributed by atoms with Crippen molar-refractivity contribution >= 4 is 5.65 Å². The molecule has 0 N–H and O–H groups in total. The molecule has 0 spiro atoms. The fraction of sp³-hybridized carbons (Fsp3) is 0.407. The van der Waals surface area contributed by atoms with Gasteiger partial charge in [0.1, 0.15) is 29.2 Å². The molecule has 0 amide bonds. The van der Waals surface area contributed by atoms with E-state index in [9.17, 15) is 10.5 Å². The van der Waals surface area contributed by atoms with E-state index >= 15 is 0 Å². The number of nitriles is 2. The van der Waals surface area contributed by atoms with Crippen molar-refractivity contribution in [2.24, 2.45) is 5.92 Å². The summed E-state index contributed by atoms with van der Waals surface area (Å²) in [6, 6.07) is 12.2. The largest absolute Gasteiger partial charge is 0.469 e. The van der Waals surface area contributed by atoms with Gasteiger partial charge in [-0.3, -0.25) is 9.38 Å². The quantitative estimate of drug-likeness (QED) is 0.366. The highest BCUT2D eigenvalue weighted by atomic mass is 16.5. The molecule has 37 heavy (non-hydrogen) atoms. The van der Waals surface area contributed by atoms with Crippen molar-refractivity contribution in [3.8, 4) is 29.4 Å². The Labute approximate surface area is 214 Å². The Morgan fingerprint density at radius 1 is 1.14 bits per heavy atom. The first-order chi connectivity index (χ1) is 18.1. The summed E-state index contributed by atoms with van der Waals surface area (Å²) < 4.78 is 10.1. The molecule has 0 bridgehead atoms. The van der Waals surface area contributed by atoms with Crippen molar-refractivity contribution in [2.75, 3.05) is 6.54 Å². The third kappa shape index (κ3) is 4.15. The molecule has 2 fully saturated rings. The van der Waals surface area contributed by atoms with E-state index in [4.69, 9.17) is 4.74 Å². The minimum atomic E-state index is -0.338. The lowest BCUT2D eigenvalue weighted by Gasteiger charge is -2.36. The Morgan fingerprint density at radius 2 is 2.00 bits per heavy atom. The van der Waals surface area contributed by atoms with Crippen molar-refractivity contribution in [3.05, 3.63) is 59.8 Å². The Hall–Kier alpha value is -4.44. The minimum absolute atomic E-state index is 0.205. The summed E-state index contributed by atoms with van der Waals surface area (Å²) in [4.78, 5) is 10.8. The van der Waals surface area contributed by atoms with Gasteiger partial charge in [0.25, 0.3) is 0 Å². The highest BCUT2D eigenvalue weighted by Crippen LogP contribution is 2.42. The van der Waals surface area contributed by atoms with Gasteiger partial charge < -0.3 is 9.64 Å². The van der Waals surface area contributed by atoms with Crippen LogP contribution in [0.25, 0.3) is 16.9 Å². The third-order valence-corrected chi connectivity index (χ3v) is 7.55. The predicted octanol–water partition coefficient (Wildman–Crippen LogP) is 4.20. The molecule has 1 aliphatic heterocycles. The summed E-state index contributed by atoms with van der Waals surface area (Å²) >= 11 is 0. The van der Waals surface area contributed by atoms with E-state index in [1.54, 1.807) is 16.8 Å². The van der Waals surface area contributed by atoms with Gasteiger partial charge in [0, 0.05) is 30.4 Å². The van der Waals surface area contributed by atoms with E-state index in [-0.39, 0.29) is 18.2 Å². The van der Waals surface area contributed by atoms with E-state index in [0.29, 0.717) is 23.1 Å². The van der Waals surface area contributed by atoms with Crippen LogP contribution in [0, 0.1) is 35.6 Å². The standard InChI is InChI=1S/C27H27N9O/c1-17-27(32-33-36(17)21-8-10-34(16-29)24(13-21)19-6-7-19)20-11-25-31-15-22(14-28)35(25)26(12-20)37-18(2)23-5-3-4-9-30-23/h3-5,9,11-12,15,18-19,21,24H,6-8,10,13H2,1-2H3/t18-,21-,24-/m1/s1. The van der Waals surface area contributed by atoms with Crippen LogP contribution in [-0.2, 0) is 0 Å². The summed E-state index contributed by atoms with van der Waals surface area (Å²) in [5, 5.41) is 28.3. The average molecular weight is 494 g/mol. The second-order valence-electron chi connectivity index (χ2n) is 9.89. The van der Waals surface area contributed by atoms with Crippen LogP contribution in [-0.4, -0.2) is 46.8 Å². The number of piperidine rings is 1. The molecule has 2 aliphatic rings. The van der Waals surface area contributed by atoms with Crippen LogP contribution >= 0.6 is 0 Å². The minimum Gasteiger partial charge on any atom is -0.469 e. The monoisotopic (exact) mass is 493 g/mol. The van der Waals surface area contributed by atoms with Crippen LogP contribution in [0.2, 0.25) is 0 Å². The van der Waals surface area contributed by atoms with Gasteiger partial charge in [-0.15, -0.1) is 5.10 Å². The molecular weight excluding hydrogens is 466 g/mol. The first-order valence-electron chi connectivity index (χ1n) is 12.6. The molecule has 1 saturated heterocycles. The number of hydrogen-bond acceptors (Lipinski definition) is 8. The highest BCUT2D eigenvalue weighted by Gasteiger charge is 2.40. The maximum atomic E-state index is 9.65. The number of fused-ring (bicyclic) bond motifs is 1. The smallest absolute Gasteiger partial charge is 0.201 e. The molecule has 0 aromatic carbocycles. The van der Waals surface area contributed by atoms with E-state index in [2.05, 4.69) is 32.5 Å². The third-order valence-electron chi connectivity index (χ3n) is 7.55. The molecule has 0 radical (unpaired) electrons. The summed E-state index contributed by atoms with van der Waals surface area (Å²) in [5.74, 6) is 1.11. The maximum Gasteiger partial charge on any atom is 0.201 e. The molecule has 10 nitrogen and oxygen atoms in total. The van der Waals surface area contributed by atoms with E-state index in [0.717, 1.165) is 42.0 Å². The SMILES string of the molecule is Cc1c(-c2cc(O[C@H](C)c3ccccn3)n3c(C#N)cnc3c2)nnn1[C@@H]1CCN(C#N)[C@@H](C2CC2)C1. The predicted molar refractivity (Wildman–Crippen MR) is 134 cm³/mol. The van der Waals surface area contributed by atoms with Gasteiger partial charge in [-0.05, 0) is 63.6 Å². The van der Waals surface area contributed by atoms with E-state index < -0.39 is 0 Å². The topological polar surface area (TPSA) is 121 Å². The number of nitrogens with zero attached hydrogens (tertiary/aromatic N) is 9. The van der Waals surface area contributed by atoms with Crippen LogP contribution < -0.4 is 4.74 Å². The van der Waals surface area contributed by atoms with E-state index in [1.807, 2.05) is 53.8 Å². The van der Waals surface area contributed by atoms with Gasteiger partial charge in [0.05, 0.1) is 23.6 Å². The number of aromatic nitrogens is 6. The fourth-order valence-electron chi connectivity index (χ4n) is 5.44. The lowest BCUT2D eigenvalue weighted by molar-refractivity contribution is 0.149. The molecule has 0 unspecified atom stereocenters. The van der Waals surface area contributed by atoms with Gasteiger partial charge in [-0.1, -0.05) is 11.3 Å². The lowest BCUT2D eigenvalue weighted by Crippen LogP contribution is -2.41. The van der Waals surface area contributed by atoms with Gasteiger partial charge in [-0.2, -0.15) is 10.5 Å². The van der Waals surface area contributed by atoms with Gasteiger partial charge >= 0.3 is 0 Å². The molecular formula is C27H27N9O. The zero-order valence-electron chi connectivity index (χ0n) is 20.8. The van der Waals surface area contributed by atoms with Gasteiger partial charge in [0.2, 0.25) is 5.88 Å². The Morgan fingerprint density at radius 3 is 2.73 bits per heavy atom. The first kappa shape index (κ1) is 23.0. The van der Waals surface area contributed by atoms with Crippen LogP contribution in [0.4, 0.5) is 0 Å². The molecule has 4 aromatic heterocycles. The fourth-order valence-corrected chi connectivity index (χ4v) is 5.44. The Bertz CT molecular complexity index is 1520. The maximum absolute atomic E-state index is 9.65. The molecule has 10 heteroatoms. The summed E-state index contributed by atoms with van der Waals surface area (Å²) in [6.07, 6.45) is 9.49. The lowest BCUT2D eigenvalue weighted by atomic mass is 9.94. The van der Waals surface area contributed by atoms with Crippen LogP contribution in [0.5, 0.6) is 5.88 Å². The van der Waals surface area contributed by atoms with E-state index in [1.165, 1.54) is 12.8 Å². The van der Waals surface area contributed by atoms with Crippen LogP contribution in [0.15, 0.2) is 42.7 Å². The van der Waals surface area contributed by atoms with Gasteiger partial charge in [-0.25, -0.2) is 9.67 Å². The summed E-state index contributed by atoms with van der Waals surface area (Å²) in [6.45, 7) is 4.71. The second-order valence-corrected chi connectivity index (χ2v) is 9.89. The number of likely N-dealkylation sites (tertiary alicyclic amines) is 1. The van der Waals surface area contributed by atoms with Crippen LogP contribution in [0.1, 0.15) is 61.8 Å². The molecule has 5 heterocycles. The Kier molecular flexibility index (Phi) is 5.72. The number of rotatable bonds is 6. The average Bonchev–Trinajstić information content (AvgIpc) is 3.58. The molecule has 1 aliphatic carbocycles. The Balaban J connectivity index is 1.35. The van der Waals surface area contributed by atoms with Crippen molar-refractivity contribution in [1.29, 1.82) is 10.5 Å². The molecule has 186 valence electrons. The highest BCUT2D eigenvalue weighted by molar-refractivity contribution is 5.68. The van der Waals surface area contributed by atoms with Crippen molar-refractivity contribution in [1.82, 2.24) is 34.3 Å².